The van der Waals surface area contributed by atoms with Crippen LogP contribution in [-0.4, -0.2) is 53.9 Å². The first-order valence-corrected chi connectivity index (χ1v) is 9.71. The van der Waals surface area contributed by atoms with E-state index in [9.17, 15) is 19.8 Å². The van der Waals surface area contributed by atoms with Gasteiger partial charge in [-0.2, -0.15) is 0 Å². The second-order valence-corrected chi connectivity index (χ2v) is 7.42. The van der Waals surface area contributed by atoms with Crippen molar-refractivity contribution in [3.05, 3.63) is 51.2 Å². The smallest absolute Gasteiger partial charge is 0.329 e. The van der Waals surface area contributed by atoms with Crippen LogP contribution < -0.4 is 16.0 Å². The van der Waals surface area contributed by atoms with Crippen LogP contribution in [0.4, 0.5) is 0 Å². The fourth-order valence-corrected chi connectivity index (χ4v) is 3.52. The Labute approximate surface area is 164 Å². The van der Waals surface area contributed by atoms with Crippen molar-refractivity contribution in [2.75, 3.05) is 12.4 Å². The first-order chi connectivity index (χ1) is 13.4. The Morgan fingerprint density at radius 1 is 1.25 bits per heavy atom. The van der Waals surface area contributed by atoms with E-state index in [2.05, 4.69) is 9.97 Å². The Hall–Kier alpha value is -2.56. The summed E-state index contributed by atoms with van der Waals surface area (Å²) >= 11 is 1.24. The average Bonchev–Trinajstić information content (AvgIpc) is 3.02. The maximum absolute atomic E-state index is 12.4. The zero-order chi connectivity index (χ0) is 20.3. The number of aromatic amines is 1. The fourth-order valence-electron chi connectivity index (χ4n) is 2.66. The Bertz CT molecular complexity index is 1060. The molecule has 3 aromatic rings. The molecule has 0 spiro atoms. The molecule has 9 nitrogen and oxygen atoms in total. The molecule has 0 amide bonds. The second kappa shape index (κ2) is 8.63. The number of aliphatic hydroxyl groups excluding tert-OH is 2. The van der Waals surface area contributed by atoms with E-state index in [1.165, 1.54) is 23.4 Å². The number of H-pyrrole nitrogens is 1. The van der Waals surface area contributed by atoms with E-state index in [4.69, 9.17) is 4.74 Å². The number of benzene rings is 1. The summed E-state index contributed by atoms with van der Waals surface area (Å²) in [6.45, 7) is 1.71. The largest absolute Gasteiger partial charge is 0.491 e. The molecule has 0 saturated carbocycles. The molecule has 0 aliphatic carbocycles. The summed E-state index contributed by atoms with van der Waals surface area (Å²) in [4.78, 5) is 30.9. The van der Waals surface area contributed by atoms with Gasteiger partial charge in [0.05, 0.1) is 12.6 Å². The van der Waals surface area contributed by atoms with E-state index in [-0.39, 0.29) is 24.3 Å². The van der Waals surface area contributed by atoms with Crippen LogP contribution in [0.1, 0.15) is 6.92 Å². The minimum absolute atomic E-state index is 0.0217. The van der Waals surface area contributed by atoms with E-state index >= 15 is 0 Å². The SMILES string of the molecule is C[C@H](O)CSc1nc2c(c(=O)[nH]c(=O)n2C)n1C[C@H](O)COc1ccccc1. The molecule has 2 atom stereocenters. The normalized spacial score (nSPS) is 13.6. The van der Waals surface area contributed by atoms with Gasteiger partial charge in [0.15, 0.2) is 16.3 Å². The van der Waals surface area contributed by atoms with Crippen molar-refractivity contribution in [3.63, 3.8) is 0 Å². The first-order valence-electron chi connectivity index (χ1n) is 8.73. The summed E-state index contributed by atoms with van der Waals surface area (Å²) in [6, 6.07) is 9.09. The van der Waals surface area contributed by atoms with Gasteiger partial charge < -0.3 is 19.5 Å². The number of para-hydroxylation sites is 1. The Kier molecular flexibility index (Phi) is 6.22. The van der Waals surface area contributed by atoms with E-state index in [1.54, 1.807) is 23.6 Å². The summed E-state index contributed by atoms with van der Waals surface area (Å²) in [5.74, 6) is 0.979. The summed E-state index contributed by atoms with van der Waals surface area (Å²) in [7, 11) is 1.51. The minimum Gasteiger partial charge on any atom is -0.491 e. The van der Waals surface area contributed by atoms with Gasteiger partial charge in [-0.05, 0) is 19.1 Å². The number of hydrogen-bond donors (Lipinski definition) is 3. The third kappa shape index (κ3) is 4.46. The molecule has 0 aliphatic rings. The van der Waals surface area contributed by atoms with Gasteiger partial charge in [-0.3, -0.25) is 14.3 Å². The number of aryl methyl sites for hydroxylation is 1. The fraction of sp³-hybridized carbons (Fsp3) is 0.389. The molecular weight excluding hydrogens is 384 g/mol. The van der Waals surface area contributed by atoms with Crippen LogP contribution in [0.5, 0.6) is 5.75 Å². The number of fused-ring (bicyclic) bond motifs is 1. The number of nitrogens with zero attached hydrogens (tertiary/aromatic N) is 3. The molecule has 3 rings (SSSR count). The van der Waals surface area contributed by atoms with Gasteiger partial charge >= 0.3 is 5.69 Å². The van der Waals surface area contributed by atoms with Crippen molar-refractivity contribution < 1.29 is 14.9 Å². The van der Waals surface area contributed by atoms with Crippen LogP contribution in [0.15, 0.2) is 45.1 Å². The zero-order valence-corrected chi connectivity index (χ0v) is 16.3. The summed E-state index contributed by atoms with van der Waals surface area (Å²) in [5, 5.41) is 20.5. The van der Waals surface area contributed by atoms with Crippen molar-refractivity contribution in [2.45, 2.75) is 30.8 Å². The van der Waals surface area contributed by atoms with Crippen LogP contribution in [0, 0.1) is 0 Å². The Morgan fingerprint density at radius 3 is 2.64 bits per heavy atom. The molecule has 1 aromatic carbocycles. The molecule has 0 unspecified atom stereocenters. The molecule has 3 N–H and O–H groups in total. The first kappa shape index (κ1) is 20.2. The predicted octanol–water partition coefficient (Wildman–Crippen LogP) is 0.336. The van der Waals surface area contributed by atoms with Crippen LogP contribution in [0.25, 0.3) is 11.2 Å². The number of aliphatic hydroxyl groups is 2. The van der Waals surface area contributed by atoms with Crippen molar-refractivity contribution in [1.29, 1.82) is 0 Å². The number of thioether (sulfide) groups is 1. The molecule has 0 saturated heterocycles. The minimum atomic E-state index is -0.917. The van der Waals surface area contributed by atoms with Gasteiger partial charge in [0.25, 0.3) is 5.56 Å². The number of aromatic nitrogens is 4. The Balaban J connectivity index is 1.90. The highest BCUT2D eigenvalue weighted by Gasteiger charge is 2.20. The summed E-state index contributed by atoms with van der Waals surface area (Å²) in [5.41, 5.74) is -0.736. The number of nitrogens with one attached hydrogen (secondary N) is 1. The predicted molar refractivity (Wildman–Crippen MR) is 106 cm³/mol. The molecule has 0 aliphatic heterocycles. The highest BCUT2D eigenvalue weighted by atomic mass is 32.2. The van der Waals surface area contributed by atoms with Gasteiger partial charge in [0.1, 0.15) is 18.5 Å². The second-order valence-electron chi connectivity index (χ2n) is 6.43. The van der Waals surface area contributed by atoms with Crippen LogP contribution in [0.2, 0.25) is 0 Å². The number of imidazole rings is 1. The summed E-state index contributed by atoms with van der Waals surface area (Å²) < 4.78 is 8.37. The maximum atomic E-state index is 12.4. The third-order valence-corrected chi connectivity index (χ3v) is 5.22. The monoisotopic (exact) mass is 406 g/mol. The molecule has 10 heteroatoms. The van der Waals surface area contributed by atoms with E-state index in [0.717, 1.165) is 0 Å². The van der Waals surface area contributed by atoms with Gasteiger partial charge in [0.2, 0.25) is 0 Å². The van der Waals surface area contributed by atoms with Crippen molar-refractivity contribution in [1.82, 2.24) is 19.1 Å². The van der Waals surface area contributed by atoms with Gasteiger partial charge in [-0.25, -0.2) is 9.78 Å². The average molecular weight is 406 g/mol. The highest BCUT2D eigenvalue weighted by Crippen LogP contribution is 2.22. The molecule has 2 aromatic heterocycles. The quantitative estimate of drug-likeness (QED) is 0.461. The van der Waals surface area contributed by atoms with E-state index < -0.39 is 23.5 Å². The lowest BCUT2D eigenvalue weighted by Crippen LogP contribution is -2.30. The molecular formula is C18H22N4O5S. The standard InChI is InChI=1S/C18H22N4O5S/c1-11(23)10-28-18-19-15-14(16(25)20-17(26)21(15)2)22(18)8-12(24)9-27-13-6-4-3-5-7-13/h3-7,11-12,23-24H,8-10H2,1-2H3,(H,20,25,26)/t11-,12-/m0/s1. The van der Waals surface area contributed by atoms with Crippen molar-refractivity contribution >= 4 is 22.9 Å². The van der Waals surface area contributed by atoms with Crippen molar-refractivity contribution in [3.8, 4) is 5.75 Å². The maximum Gasteiger partial charge on any atom is 0.329 e. The molecule has 150 valence electrons. The van der Waals surface area contributed by atoms with Crippen LogP contribution >= 0.6 is 11.8 Å². The van der Waals surface area contributed by atoms with Crippen molar-refractivity contribution in [2.24, 2.45) is 7.05 Å². The number of rotatable bonds is 8. The zero-order valence-electron chi connectivity index (χ0n) is 15.5. The topological polar surface area (TPSA) is 122 Å². The van der Waals surface area contributed by atoms with Crippen LogP contribution in [-0.2, 0) is 13.6 Å². The number of ether oxygens (including phenoxy) is 1. The van der Waals surface area contributed by atoms with Gasteiger partial charge in [-0.15, -0.1) is 0 Å². The third-order valence-electron chi connectivity index (χ3n) is 4.00. The van der Waals surface area contributed by atoms with Gasteiger partial charge in [0, 0.05) is 12.8 Å². The lowest BCUT2D eigenvalue weighted by Gasteiger charge is -2.15. The van der Waals surface area contributed by atoms with Crippen LogP contribution in [0.3, 0.4) is 0 Å². The molecule has 0 radical (unpaired) electrons. The lowest BCUT2D eigenvalue weighted by molar-refractivity contribution is 0.0913. The molecule has 28 heavy (non-hydrogen) atoms. The highest BCUT2D eigenvalue weighted by molar-refractivity contribution is 7.99. The lowest BCUT2D eigenvalue weighted by atomic mass is 10.3. The molecule has 0 bridgehead atoms. The summed E-state index contributed by atoms with van der Waals surface area (Å²) in [6.07, 6.45) is -1.49. The van der Waals surface area contributed by atoms with Gasteiger partial charge in [-0.1, -0.05) is 30.0 Å². The number of hydrogen-bond acceptors (Lipinski definition) is 7. The van der Waals surface area contributed by atoms with E-state index in [1.807, 2.05) is 18.2 Å². The molecule has 2 heterocycles. The van der Waals surface area contributed by atoms with E-state index in [0.29, 0.717) is 16.7 Å². The molecule has 0 fully saturated rings. The Morgan fingerprint density at radius 2 is 1.96 bits per heavy atom.